The van der Waals surface area contributed by atoms with Crippen LogP contribution in [-0.2, 0) is 6.18 Å². The SMILES string of the molecule is FC(F)(F)c1ccn(-c2nc(Nc3cccc(Cl)c3)ncc2Br)n1. The van der Waals surface area contributed by atoms with Crippen LogP contribution in [-0.4, -0.2) is 19.7 Å². The minimum Gasteiger partial charge on any atom is -0.324 e. The van der Waals surface area contributed by atoms with Gasteiger partial charge < -0.3 is 5.32 Å². The fourth-order valence-corrected chi connectivity index (χ4v) is 2.43. The van der Waals surface area contributed by atoms with Crippen LogP contribution in [0.2, 0.25) is 5.02 Å². The number of nitrogens with one attached hydrogen (secondary N) is 1. The normalized spacial score (nSPS) is 11.5. The molecule has 0 spiro atoms. The van der Waals surface area contributed by atoms with Crippen molar-refractivity contribution in [3.05, 3.63) is 57.9 Å². The van der Waals surface area contributed by atoms with E-state index < -0.39 is 11.9 Å². The highest BCUT2D eigenvalue weighted by Gasteiger charge is 2.33. The molecule has 5 nitrogen and oxygen atoms in total. The van der Waals surface area contributed by atoms with Crippen molar-refractivity contribution in [3.63, 3.8) is 0 Å². The van der Waals surface area contributed by atoms with E-state index in [2.05, 4.69) is 36.3 Å². The van der Waals surface area contributed by atoms with Gasteiger partial charge in [0.25, 0.3) is 0 Å². The highest BCUT2D eigenvalue weighted by atomic mass is 79.9. The van der Waals surface area contributed by atoms with Crippen LogP contribution in [0, 0.1) is 0 Å². The molecule has 1 aromatic carbocycles. The third-order valence-corrected chi connectivity index (χ3v) is 3.70. The fraction of sp³-hybridized carbons (Fsp3) is 0.0714. The second-order valence-electron chi connectivity index (χ2n) is 4.64. The molecule has 0 fully saturated rings. The van der Waals surface area contributed by atoms with E-state index in [-0.39, 0.29) is 11.8 Å². The van der Waals surface area contributed by atoms with E-state index in [0.29, 0.717) is 15.2 Å². The quantitative estimate of drug-likeness (QED) is 0.661. The molecule has 0 aliphatic carbocycles. The molecular weight excluding hydrogens is 411 g/mol. The van der Waals surface area contributed by atoms with Gasteiger partial charge in [-0.2, -0.15) is 23.3 Å². The van der Waals surface area contributed by atoms with Gasteiger partial charge in [-0.1, -0.05) is 17.7 Å². The van der Waals surface area contributed by atoms with E-state index in [1.807, 2.05) is 0 Å². The molecule has 2 heterocycles. The van der Waals surface area contributed by atoms with Gasteiger partial charge in [-0.15, -0.1) is 0 Å². The summed E-state index contributed by atoms with van der Waals surface area (Å²) in [6.45, 7) is 0. The number of rotatable bonds is 3. The van der Waals surface area contributed by atoms with Gasteiger partial charge >= 0.3 is 6.18 Å². The largest absolute Gasteiger partial charge is 0.435 e. The molecule has 0 aliphatic heterocycles. The molecule has 0 unspecified atom stereocenters. The summed E-state index contributed by atoms with van der Waals surface area (Å²) in [5.74, 6) is 0.365. The number of halogens is 5. The first-order valence-electron chi connectivity index (χ1n) is 6.51. The second kappa shape index (κ2) is 6.40. The Bertz CT molecular complexity index is 881. The van der Waals surface area contributed by atoms with E-state index in [1.165, 1.54) is 12.4 Å². The number of anilines is 2. The van der Waals surface area contributed by atoms with E-state index in [0.717, 1.165) is 10.7 Å². The molecular formula is C14H8BrClF3N5. The highest BCUT2D eigenvalue weighted by molar-refractivity contribution is 9.10. The molecule has 0 radical (unpaired) electrons. The van der Waals surface area contributed by atoms with E-state index >= 15 is 0 Å². The first kappa shape index (κ1) is 16.7. The summed E-state index contributed by atoms with van der Waals surface area (Å²) in [5.41, 5.74) is -0.357. The maximum Gasteiger partial charge on any atom is 0.435 e. The topological polar surface area (TPSA) is 55.6 Å². The Hall–Kier alpha value is -2.13. The predicted molar refractivity (Wildman–Crippen MR) is 86.6 cm³/mol. The summed E-state index contributed by atoms with van der Waals surface area (Å²) in [6, 6.07) is 7.75. The van der Waals surface area contributed by atoms with Crippen molar-refractivity contribution < 1.29 is 13.2 Å². The van der Waals surface area contributed by atoms with Gasteiger partial charge in [-0.3, -0.25) is 0 Å². The smallest absolute Gasteiger partial charge is 0.324 e. The molecule has 24 heavy (non-hydrogen) atoms. The van der Waals surface area contributed by atoms with Crippen LogP contribution in [0.15, 0.2) is 47.2 Å². The Morgan fingerprint density at radius 1 is 1.21 bits per heavy atom. The Morgan fingerprint density at radius 2 is 2.00 bits per heavy atom. The summed E-state index contributed by atoms with van der Waals surface area (Å²) < 4.78 is 39.5. The summed E-state index contributed by atoms with van der Waals surface area (Å²) in [7, 11) is 0. The number of alkyl halides is 3. The monoisotopic (exact) mass is 417 g/mol. The number of aromatic nitrogens is 4. The molecule has 3 aromatic rings. The van der Waals surface area contributed by atoms with Crippen LogP contribution in [0.25, 0.3) is 5.82 Å². The Labute approximate surface area is 147 Å². The van der Waals surface area contributed by atoms with E-state index in [1.54, 1.807) is 24.3 Å². The molecule has 0 saturated carbocycles. The molecule has 124 valence electrons. The van der Waals surface area contributed by atoms with Crippen molar-refractivity contribution in [3.8, 4) is 5.82 Å². The minimum atomic E-state index is -4.52. The van der Waals surface area contributed by atoms with Gasteiger partial charge in [0.05, 0.1) is 4.47 Å². The maximum absolute atomic E-state index is 12.7. The van der Waals surface area contributed by atoms with Crippen molar-refractivity contribution in [1.29, 1.82) is 0 Å². The summed E-state index contributed by atoms with van der Waals surface area (Å²) >= 11 is 9.11. The lowest BCUT2D eigenvalue weighted by Crippen LogP contribution is -2.09. The van der Waals surface area contributed by atoms with E-state index in [9.17, 15) is 13.2 Å². The van der Waals surface area contributed by atoms with Gasteiger partial charge in [0.2, 0.25) is 5.95 Å². The Balaban J connectivity index is 1.93. The maximum atomic E-state index is 12.7. The second-order valence-corrected chi connectivity index (χ2v) is 5.93. The van der Waals surface area contributed by atoms with Gasteiger partial charge in [-0.25, -0.2) is 9.67 Å². The molecule has 2 aromatic heterocycles. The lowest BCUT2D eigenvalue weighted by molar-refractivity contribution is -0.141. The van der Waals surface area contributed by atoms with Crippen LogP contribution in [0.1, 0.15) is 5.69 Å². The molecule has 3 rings (SSSR count). The zero-order valence-electron chi connectivity index (χ0n) is 11.7. The number of hydrogen-bond acceptors (Lipinski definition) is 4. The van der Waals surface area contributed by atoms with Gasteiger partial charge in [0.15, 0.2) is 11.5 Å². The third-order valence-electron chi connectivity index (χ3n) is 2.90. The molecule has 0 saturated heterocycles. The van der Waals surface area contributed by atoms with Gasteiger partial charge in [0, 0.05) is 23.1 Å². The lowest BCUT2D eigenvalue weighted by atomic mass is 10.3. The van der Waals surface area contributed by atoms with Crippen LogP contribution < -0.4 is 5.32 Å². The van der Waals surface area contributed by atoms with Gasteiger partial charge in [-0.05, 0) is 40.2 Å². The molecule has 0 aliphatic rings. The van der Waals surface area contributed by atoms with Crippen molar-refractivity contribution in [2.45, 2.75) is 6.18 Å². The zero-order chi connectivity index (χ0) is 17.3. The molecule has 0 amide bonds. The van der Waals surface area contributed by atoms with Gasteiger partial charge in [0.1, 0.15) is 0 Å². The number of benzene rings is 1. The van der Waals surface area contributed by atoms with Crippen molar-refractivity contribution in [2.75, 3.05) is 5.32 Å². The molecule has 10 heteroatoms. The zero-order valence-corrected chi connectivity index (χ0v) is 14.1. The third kappa shape index (κ3) is 3.68. The van der Waals surface area contributed by atoms with Crippen LogP contribution >= 0.6 is 27.5 Å². The average Bonchev–Trinajstić information content (AvgIpc) is 2.99. The molecule has 0 bridgehead atoms. The summed E-state index contributed by atoms with van der Waals surface area (Å²) in [4.78, 5) is 8.25. The standard InChI is InChI=1S/C14H8BrClF3N5/c15-10-7-20-13(21-9-3-1-2-8(16)6-9)22-12(10)24-5-4-11(23-24)14(17,18)19/h1-7H,(H,20,21,22). The first-order chi connectivity index (χ1) is 11.3. The number of hydrogen-bond donors (Lipinski definition) is 1. The molecule has 1 N–H and O–H groups in total. The van der Waals surface area contributed by atoms with E-state index in [4.69, 9.17) is 11.6 Å². The summed E-state index contributed by atoms with van der Waals surface area (Å²) in [6.07, 6.45) is -1.92. The summed E-state index contributed by atoms with van der Waals surface area (Å²) in [5, 5.41) is 6.95. The Morgan fingerprint density at radius 3 is 2.67 bits per heavy atom. The lowest BCUT2D eigenvalue weighted by Gasteiger charge is -2.08. The van der Waals surface area contributed by atoms with Crippen molar-refractivity contribution in [1.82, 2.24) is 19.7 Å². The fourth-order valence-electron chi connectivity index (χ4n) is 1.87. The predicted octanol–water partition coefficient (Wildman–Crippen LogP) is 4.84. The van der Waals surface area contributed by atoms with Crippen LogP contribution in [0.5, 0.6) is 0 Å². The van der Waals surface area contributed by atoms with Crippen LogP contribution in [0.4, 0.5) is 24.8 Å². The number of nitrogens with zero attached hydrogens (tertiary/aromatic N) is 4. The average molecular weight is 419 g/mol. The van der Waals surface area contributed by atoms with Crippen molar-refractivity contribution in [2.24, 2.45) is 0 Å². The first-order valence-corrected chi connectivity index (χ1v) is 7.68. The van der Waals surface area contributed by atoms with Crippen molar-refractivity contribution >= 4 is 39.2 Å². The molecule has 0 atom stereocenters. The Kier molecular flexibility index (Phi) is 4.46. The van der Waals surface area contributed by atoms with Crippen LogP contribution in [0.3, 0.4) is 0 Å². The highest BCUT2D eigenvalue weighted by Crippen LogP contribution is 2.29. The minimum absolute atomic E-state index is 0.171.